The molecule has 0 amide bonds. The fraction of sp³-hybridized carbons (Fsp3) is 0. The SMILES string of the molecule is c1ccc(-c2nc(-n3c4ccccc4c4c5c6c7ccccc7ccc6n6c7ccccc7c(cc43)c56)c3c(n2)oc2ccccc23)cc1. The fourth-order valence-electron chi connectivity index (χ4n) is 8.49. The molecule has 5 aromatic heterocycles. The highest BCUT2D eigenvalue weighted by atomic mass is 16.3. The Morgan fingerprint density at radius 1 is 0.449 bits per heavy atom. The lowest BCUT2D eigenvalue weighted by Crippen LogP contribution is -2.02. The summed E-state index contributed by atoms with van der Waals surface area (Å²) in [7, 11) is 0. The molecule has 0 radical (unpaired) electrons. The molecule has 5 heterocycles. The molecule has 49 heavy (non-hydrogen) atoms. The van der Waals surface area contributed by atoms with Gasteiger partial charge in [0.1, 0.15) is 5.58 Å². The summed E-state index contributed by atoms with van der Waals surface area (Å²) in [5, 5.41) is 11.8. The Morgan fingerprint density at radius 2 is 1.14 bits per heavy atom. The molecule has 0 fully saturated rings. The van der Waals surface area contributed by atoms with E-state index in [1.165, 1.54) is 59.6 Å². The first-order chi connectivity index (χ1) is 24.3. The molecular formula is C44H24N4O. The van der Waals surface area contributed by atoms with Crippen molar-refractivity contribution in [3.05, 3.63) is 146 Å². The molecule has 0 N–H and O–H groups in total. The Morgan fingerprint density at radius 3 is 2.02 bits per heavy atom. The highest BCUT2D eigenvalue weighted by molar-refractivity contribution is 6.39. The number of hydrogen-bond donors (Lipinski definition) is 0. The summed E-state index contributed by atoms with van der Waals surface area (Å²) in [6, 6.07) is 51.6. The molecule has 12 aromatic rings. The number of furan rings is 1. The van der Waals surface area contributed by atoms with Gasteiger partial charge in [0.25, 0.3) is 0 Å². The maximum atomic E-state index is 6.47. The van der Waals surface area contributed by atoms with Gasteiger partial charge in [-0.3, -0.25) is 4.57 Å². The van der Waals surface area contributed by atoms with Crippen LogP contribution < -0.4 is 0 Å². The van der Waals surface area contributed by atoms with E-state index in [4.69, 9.17) is 14.4 Å². The topological polar surface area (TPSA) is 48.3 Å². The largest absolute Gasteiger partial charge is 0.437 e. The third-order valence-electron chi connectivity index (χ3n) is 10.5. The van der Waals surface area contributed by atoms with Gasteiger partial charge in [0.15, 0.2) is 11.6 Å². The molecule has 7 aromatic carbocycles. The van der Waals surface area contributed by atoms with E-state index >= 15 is 0 Å². The van der Waals surface area contributed by atoms with Gasteiger partial charge in [-0.05, 0) is 41.1 Å². The van der Waals surface area contributed by atoms with Crippen LogP contribution in [0.25, 0.3) is 110 Å². The summed E-state index contributed by atoms with van der Waals surface area (Å²) < 4.78 is 11.3. The highest BCUT2D eigenvalue weighted by Gasteiger charge is 2.27. The molecule has 0 spiro atoms. The van der Waals surface area contributed by atoms with Gasteiger partial charge in [0, 0.05) is 43.3 Å². The van der Waals surface area contributed by atoms with Crippen molar-refractivity contribution in [2.45, 2.75) is 0 Å². The van der Waals surface area contributed by atoms with E-state index in [9.17, 15) is 0 Å². The Balaban J connectivity index is 1.37. The molecule has 0 aliphatic heterocycles. The first-order valence-electron chi connectivity index (χ1n) is 16.6. The second-order valence-electron chi connectivity index (χ2n) is 12.9. The van der Waals surface area contributed by atoms with Crippen molar-refractivity contribution in [2.75, 3.05) is 0 Å². The highest BCUT2D eigenvalue weighted by Crippen LogP contribution is 2.48. The monoisotopic (exact) mass is 624 g/mol. The van der Waals surface area contributed by atoms with E-state index in [2.05, 4.69) is 124 Å². The van der Waals surface area contributed by atoms with Crippen LogP contribution in [0.1, 0.15) is 0 Å². The van der Waals surface area contributed by atoms with E-state index < -0.39 is 0 Å². The number of rotatable bonds is 2. The van der Waals surface area contributed by atoms with Gasteiger partial charge >= 0.3 is 0 Å². The van der Waals surface area contributed by atoms with Crippen LogP contribution in [-0.4, -0.2) is 18.9 Å². The third-order valence-corrected chi connectivity index (χ3v) is 10.5. The predicted octanol–water partition coefficient (Wildman–Crippen LogP) is 11.4. The summed E-state index contributed by atoms with van der Waals surface area (Å²) in [4.78, 5) is 10.4. The lowest BCUT2D eigenvalue weighted by molar-refractivity contribution is 0.653. The minimum atomic E-state index is 0.578. The van der Waals surface area contributed by atoms with Crippen molar-refractivity contribution in [1.82, 2.24) is 18.9 Å². The Bertz CT molecular complexity index is 3330. The van der Waals surface area contributed by atoms with Gasteiger partial charge in [-0.1, -0.05) is 115 Å². The van der Waals surface area contributed by atoms with Gasteiger partial charge in [0.2, 0.25) is 5.71 Å². The van der Waals surface area contributed by atoms with E-state index in [1.807, 2.05) is 30.3 Å². The molecule has 5 nitrogen and oxygen atoms in total. The van der Waals surface area contributed by atoms with Crippen LogP contribution in [0, 0.1) is 0 Å². The first kappa shape index (κ1) is 25.4. The Kier molecular flexibility index (Phi) is 4.66. The van der Waals surface area contributed by atoms with E-state index in [-0.39, 0.29) is 0 Å². The lowest BCUT2D eigenvalue weighted by Gasteiger charge is -2.11. The number of hydrogen-bond acceptors (Lipinski definition) is 3. The van der Waals surface area contributed by atoms with Crippen LogP contribution in [0.3, 0.4) is 0 Å². The molecule has 0 aliphatic carbocycles. The van der Waals surface area contributed by atoms with Crippen LogP contribution in [0.2, 0.25) is 0 Å². The fourth-order valence-corrected chi connectivity index (χ4v) is 8.49. The van der Waals surface area contributed by atoms with Crippen LogP contribution in [-0.2, 0) is 0 Å². The minimum Gasteiger partial charge on any atom is -0.437 e. The van der Waals surface area contributed by atoms with Gasteiger partial charge in [-0.15, -0.1) is 0 Å². The quantitative estimate of drug-likeness (QED) is 0.192. The Hall–Kier alpha value is -6.72. The maximum Gasteiger partial charge on any atom is 0.233 e. The Labute approximate surface area is 278 Å². The molecule has 0 unspecified atom stereocenters. The molecule has 12 rings (SSSR count). The van der Waals surface area contributed by atoms with Crippen molar-refractivity contribution >= 4 is 92.7 Å². The number of nitrogens with zero attached hydrogens (tertiary/aromatic N) is 4. The minimum absolute atomic E-state index is 0.578. The molecule has 0 saturated heterocycles. The number of aromatic nitrogens is 4. The first-order valence-corrected chi connectivity index (χ1v) is 16.6. The third kappa shape index (κ3) is 3.15. The smallest absolute Gasteiger partial charge is 0.233 e. The van der Waals surface area contributed by atoms with Crippen molar-refractivity contribution < 1.29 is 4.42 Å². The van der Waals surface area contributed by atoms with Gasteiger partial charge in [-0.25, -0.2) is 4.98 Å². The summed E-state index contributed by atoms with van der Waals surface area (Å²) in [5.74, 6) is 1.44. The molecule has 0 saturated carbocycles. The van der Waals surface area contributed by atoms with Gasteiger partial charge in [0.05, 0.1) is 33.0 Å². The normalized spacial score (nSPS) is 12.5. The summed E-state index contributed by atoms with van der Waals surface area (Å²) in [5.41, 5.74) is 8.21. The molecular weight excluding hydrogens is 601 g/mol. The maximum absolute atomic E-state index is 6.47. The van der Waals surface area contributed by atoms with Crippen LogP contribution in [0.4, 0.5) is 0 Å². The lowest BCUT2D eigenvalue weighted by atomic mass is 9.98. The molecule has 226 valence electrons. The van der Waals surface area contributed by atoms with Crippen LogP contribution in [0.5, 0.6) is 0 Å². The zero-order chi connectivity index (χ0) is 31.8. The molecule has 0 bridgehead atoms. The van der Waals surface area contributed by atoms with Crippen LogP contribution in [0.15, 0.2) is 150 Å². The zero-order valence-electron chi connectivity index (χ0n) is 26.1. The predicted molar refractivity (Wildman–Crippen MR) is 201 cm³/mol. The average Bonchev–Trinajstić information content (AvgIpc) is 3.90. The summed E-state index contributed by atoms with van der Waals surface area (Å²) in [6.07, 6.45) is 0. The number of fused-ring (bicyclic) bond motifs is 15. The number of para-hydroxylation sites is 3. The van der Waals surface area contributed by atoms with Gasteiger partial charge < -0.3 is 8.82 Å². The second kappa shape index (κ2) is 9.00. The van der Waals surface area contributed by atoms with E-state index in [1.54, 1.807) is 0 Å². The van der Waals surface area contributed by atoms with Crippen molar-refractivity contribution in [1.29, 1.82) is 0 Å². The van der Waals surface area contributed by atoms with Crippen molar-refractivity contribution in [3.8, 4) is 17.2 Å². The number of benzene rings is 7. The molecule has 0 atom stereocenters. The van der Waals surface area contributed by atoms with E-state index in [0.29, 0.717) is 11.5 Å². The van der Waals surface area contributed by atoms with Crippen molar-refractivity contribution in [3.63, 3.8) is 0 Å². The molecule has 0 aliphatic rings. The summed E-state index contributed by atoms with van der Waals surface area (Å²) >= 11 is 0. The zero-order valence-corrected chi connectivity index (χ0v) is 26.1. The van der Waals surface area contributed by atoms with Crippen LogP contribution >= 0.6 is 0 Å². The summed E-state index contributed by atoms with van der Waals surface area (Å²) in [6.45, 7) is 0. The average molecular weight is 625 g/mol. The molecule has 5 heteroatoms. The van der Waals surface area contributed by atoms with Gasteiger partial charge in [-0.2, -0.15) is 4.98 Å². The van der Waals surface area contributed by atoms with E-state index in [0.717, 1.165) is 38.8 Å². The second-order valence-corrected chi connectivity index (χ2v) is 12.9. The van der Waals surface area contributed by atoms with Crippen molar-refractivity contribution in [2.24, 2.45) is 0 Å². The standard InChI is InChI=1S/C44H24N4O/c1-2-13-26(14-3-1)42-45-43(39-30-18-8-11-21-36(30)49-44(39)46-42)48-33-20-10-7-17-29(33)38-35(48)24-31-28-16-6-9-19-32(28)47-34-23-22-25-12-4-5-15-27(25)37(34)40(38)41(31)47/h1-24H.